The maximum Gasteiger partial charge on any atom is 0.00927 e. The monoisotopic (exact) mass is 589 g/mol. The molecular formula is C40H80N2. The summed E-state index contributed by atoms with van der Waals surface area (Å²) in [7, 11) is 2.48. The van der Waals surface area contributed by atoms with Crippen molar-refractivity contribution in [2.75, 3.05) is 20.1 Å². The highest BCUT2D eigenvalue weighted by atomic mass is 15.1. The van der Waals surface area contributed by atoms with Gasteiger partial charge in [-0.2, -0.15) is 0 Å². The lowest BCUT2D eigenvalue weighted by molar-refractivity contribution is -0.0115. The first kappa shape index (κ1) is 38.1. The van der Waals surface area contributed by atoms with Gasteiger partial charge in [-0.25, -0.2) is 0 Å². The van der Waals surface area contributed by atoms with Crippen molar-refractivity contribution in [1.29, 1.82) is 0 Å². The number of nitrogens with zero attached hydrogens (tertiary/aromatic N) is 1. The fraction of sp³-hybridized carbons (Fsp3) is 1.00. The standard InChI is InChI=1S/C40H80N2/c1-6-10-14-18-22-26-38(27-23-19-15-11-7-2)41-34-37-32-40(33-37)30-28-39(29-31-40)42(5)35-36(24-20-16-12-8-3)25-21-17-13-9-4/h36-39,41H,6-35H2,1-5H3. The van der Waals surface area contributed by atoms with Crippen molar-refractivity contribution >= 4 is 0 Å². The van der Waals surface area contributed by atoms with E-state index in [-0.39, 0.29) is 0 Å². The van der Waals surface area contributed by atoms with E-state index in [0.29, 0.717) is 0 Å². The Labute approximate surface area is 266 Å². The molecule has 2 saturated carbocycles. The molecule has 0 aliphatic heterocycles. The molecule has 0 saturated heterocycles. The maximum atomic E-state index is 4.11. The number of hydrogen-bond acceptors (Lipinski definition) is 2. The summed E-state index contributed by atoms with van der Waals surface area (Å²) < 4.78 is 0. The van der Waals surface area contributed by atoms with Gasteiger partial charge in [0, 0.05) is 18.6 Å². The smallest absolute Gasteiger partial charge is 0.00927 e. The molecule has 0 atom stereocenters. The normalized spacial score (nSPS) is 22.6. The van der Waals surface area contributed by atoms with Gasteiger partial charge in [0.15, 0.2) is 0 Å². The Hall–Kier alpha value is -0.0800. The van der Waals surface area contributed by atoms with Crippen LogP contribution in [0.4, 0.5) is 0 Å². The molecule has 0 aromatic heterocycles. The molecule has 2 nitrogen and oxygen atoms in total. The fourth-order valence-electron chi connectivity index (χ4n) is 8.65. The summed E-state index contributed by atoms with van der Waals surface area (Å²) in [5.41, 5.74) is 0.721. The third kappa shape index (κ3) is 16.3. The summed E-state index contributed by atoms with van der Waals surface area (Å²) in [4.78, 5) is 2.82. The van der Waals surface area contributed by atoms with Gasteiger partial charge >= 0.3 is 0 Å². The average Bonchev–Trinajstić information content (AvgIpc) is 2.98. The average molecular weight is 589 g/mol. The van der Waals surface area contributed by atoms with Gasteiger partial charge in [0.2, 0.25) is 0 Å². The van der Waals surface area contributed by atoms with Crippen LogP contribution in [0.3, 0.4) is 0 Å². The lowest BCUT2D eigenvalue weighted by Gasteiger charge is -2.53. The summed E-state index contributed by atoms with van der Waals surface area (Å²) >= 11 is 0. The minimum absolute atomic E-state index is 0.721. The first-order valence-electron chi connectivity index (χ1n) is 20.0. The molecule has 0 unspecified atom stereocenters. The number of hydrogen-bond donors (Lipinski definition) is 1. The third-order valence-corrected chi connectivity index (χ3v) is 11.6. The zero-order chi connectivity index (χ0) is 30.3. The van der Waals surface area contributed by atoms with E-state index in [2.05, 4.69) is 45.0 Å². The molecule has 2 aliphatic rings. The lowest BCUT2D eigenvalue weighted by Crippen LogP contribution is -2.48. The topological polar surface area (TPSA) is 15.3 Å². The minimum atomic E-state index is 0.721. The second kappa shape index (κ2) is 24.2. The highest BCUT2D eigenvalue weighted by Crippen LogP contribution is 2.55. The summed E-state index contributed by atoms with van der Waals surface area (Å²) in [6.45, 7) is 12.0. The molecule has 42 heavy (non-hydrogen) atoms. The first-order valence-corrected chi connectivity index (χ1v) is 20.0. The van der Waals surface area contributed by atoms with Crippen molar-refractivity contribution < 1.29 is 0 Å². The summed E-state index contributed by atoms with van der Waals surface area (Å²) in [5, 5.41) is 4.11. The van der Waals surface area contributed by atoms with Crippen LogP contribution in [0.25, 0.3) is 0 Å². The van der Waals surface area contributed by atoms with Gasteiger partial charge < -0.3 is 10.2 Å². The summed E-state index contributed by atoms with van der Waals surface area (Å²) in [6.07, 6.45) is 40.4. The van der Waals surface area contributed by atoms with Crippen LogP contribution >= 0.6 is 0 Å². The van der Waals surface area contributed by atoms with Crippen LogP contribution in [0, 0.1) is 17.3 Å². The number of nitrogens with one attached hydrogen (secondary N) is 1. The van der Waals surface area contributed by atoms with Crippen molar-refractivity contribution in [2.24, 2.45) is 17.3 Å². The van der Waals surface area contributed by atoms with Crippen LogP contribution in [-0.4, -0.2) is 37.1 Å². The molecule has 0 bridgehead atoms. The van der Waals surface area contributed by atoms with Crippen LogP contribution in [0.5, 0.6) is 0 Å². The van der Waals surface area contributed by atoms with Gasteiger partial charge in [-0.3, -0.25) is 0 Å². The van der Waals surface area contributed by atoms with Crippen LogP contribution in [-0.2, 0) is 0 Å². The Morgan fingerprint density at radius 2 is 1.02 bits per heavy atom. The van der Waals surface area contributed by atoms with Crippen LogP contribution in [0.15, 0.2) is 0 Å². The zero-order valence-electron chi connectivity index (χ0n) is 30.0. The Kier molecular flexibility index (Phi) is 21.9. The van der Waals surface area contributed by atoms with Gasteiger partial charge in [0.25, 0.3) is 0 Å². The number of unbranched alkanes of at least 4 members (excludes halogenated alkanes) is 14. The van der Waals surface area contributed by atoms with E-state index in [1.165, 1.54) is 193 Å². The zero-order valence-corrected chi connectivity index (χ0v) is 30.0. The maximum absolute atomic E-state index is 4.11. The van der Waals surface area contributed by atoms with E-state index in [1.54, 1.807) is 0 Å². The van der Waals surface area contributed by atoms with E-state index in [0.717, 1.165) is 29.3 Å². The van der Waals surface area contributed by atoms with Gasteiger partial charge in [-0.05, 0) is 95.1 Å². The van der Waals surface area contributed by atoms with Crippen molar-refractivity contribution in [3.63, 3.8) is 0 Å². The second-order valence-corrected chi connectivity index (χ2v) is 15.5. The van der Waals surface area contributed by atoms with Crippen LogP contribution < -0.4 is 5.32 Å². The molecule has 1 spiro atoms. The van der Waals surface area contributed by atoms with Crippen molar-refractivity contribution in [1.82, 2.24) is 10.2 Å². The van der Waals surface area contributed by atoms with Crippen molar-refractivity contribution in [3.8, 4) is 0 Å². The molecule has 0 amide bonds. The van der Waals surface area contributed by atoms with Crippen LogP contribution in [0.1, 0.15) is 207 Å². The highest BCUT2D eigenvalue weighted by Gasteiger charge is 2.46. The molecule has 0 radical (unpaired) electrons. The van der Waals surface area contributed by atoms with E-state index in [1.807, 2.05) is 0 Å². The highest BCUT2D eigenvalue weighted by molar-refractivity contribution is 4.99. The van der Waals surface area contributed by atoms with E-state index >= 15 is 0 Å². The Bertz CT molecular complexity index is 560. The van der Waals surface area contributed by atoms with E-state index in [4.69, 9.17) is 0 Å². The van der Waals surface area contributed by atoms with Crippen molar-refractivity contribution in [2.45, 2.75) is 220 Å². The predicted molar refractivity (Wildman–Crippen MR) is 190 cm³/mol. The molecule has 0 aromatic carbocycles. The van der Waals surface area contributed by atoms with E-state index in [9.17, 15) is 0 Å². The largest absolute Gasteiger partial charge is 0.314 e. The van der Waals surface area contributed by atoms with Gasteiger partial charge in [-0.15, -0.1) is 0 Å². The third-order valence-electron chi connectivity index (χ3n) is 11.6. The molecular weight excluding hydrogens is 508 g/mol. The number of rotatable bonds is 28. The molecule has 2 heteroatoms. The van der Waals surface area contributed by atoms with E-state index < -0.39 is 0 Å². The lowest BCUT2D eigenvalue weighted by atomic mass is 9.55. The van der Waals surface area contributed by atoms with Crippen molar-refractivity contribution in [3.05, 3.63) is 0 Å². The Morgan fingerprint density at radius 3 is 1.50 bits per heavy atom. The second-order valence-electron chi connectivity index (χ2n) is 15.5. The molecule has 250 valence electrons. The fourth-order valence-corrected chi connectivity index (χ4v) is 8.65. The Morgan fingerprint density at radius 1 is 0.595 bits per heavy atom. The minimum Gasteiger partial charge on any atom is -0.314 e. The summed E-state index contributed by atoms with van der Waals surface area (Å²) in [5.74, 6) is 1.89. The molecule has 0 aromatic rings. The summed E-state index contributed by atoms with van der Waals surface area (Å²) in [6, 6.07) is 1.64. The van der Waals surface area contributed by atoms with Gasteiger partial charge in [0.1, 0.15) is 0 Å². The van der Waals surface area contributed by atoms with Gasteiger partial charge in [-0.1, -0.05) is 143 Å². The SMILES string of the molecule is CCCCCCCC(CCCCCCC)NCC1CC2(CCC(N(C)CC(CCCCCC)CCCCCC)CC2)C1. The Balaban J connectivity index is 1.69. The molecule has 1 N–H and O–H groups in total. The molecule has 2 fully saturated rings. The van der Waals surface area contributed by atoms with Crippen LogP contribution in [0.2, 0.25) is 0 Å². The van der Waals surface area contributed by atoms with Gasteiger partial charge in [0.05, 0.1) is 0 Å². The quantitative estimate of drug-likeness (QED) is 0.0914. The molecule has 0 heterocycles. The first-order chi connectivity index (χ1) is 20.6. The molecule has 2 aliphatic carbocycles. The predicted octanol–water partition coefficient (Wildman–Crippen LogP) is 12.5. The molecule has 2 rings (SSSR count).